The number of hydrogen-bond acceptors (Lipinski definition) is 7. The van der Waals surface area contributed by atoms with Gasteiger partial charge >= 0.3 is 6.18 Å². The maximum absolute atomic E-state index is 13.2. The summed E-state index contributed by atoms with van der Waals surface area (Å²) in [4.78, 5) is 26.3. The number of benzene rings is 1. The highest BCUT2D eigenvalue weighted by Crippen LogP contribution is 2.26. The summed E-state index contributed by atoms with van der Waals surface area (Å²) in [5, 5.41) is 13.9. The van der Waals surface area contributed by atoms with Crippen molar-refractivity contribution >= 4 is 11.7 Å². The molecule has 2 aromatic rings. The second-order valence-electron chi connectivity index (χ2n) is 9.65. The van der Waals surface area contributed by atoms with E-state index in [0.717, 1.165) is 13.0 Å². The molecule has 200 valence electrons. The first-order valence-electron chi connectivity index (χ1n) is 12.6. The minimum absolute atomic E-state index is 0.0475. The van der Waals surface area contributed by atoms with Gasteiger partial charge < -0.3 is 15.3 Å². The lowest BCUT2D eigenvalue weighted by Crippen LogP contribution is -2.43. The van der Waals surface area contributed by atoms with E-state index < -0.39 is 18.6 Å². The Labute approximate surface area is 218 Å². The molecule has 0 radical (unpaired) electrons. The topological polar surface area (TPSA) is 84.8 Å². The Hall–Kier alpha value is -3.86. The van der Waals surface area contributed by atoms with E-state index in [2.05, 4.69) is 32.3 Å². The Kier molecular flexibility index (Phi) is 7.37. The average molecular weight is 527 g/mol. The van der Waals surface area contributed by atoms with Crippen LogP contribution in [0.25, 0.3) is 0 Å². The van der Waals surface area contributed by atoms with Gasteiger partial charge in [-0.1, -0.05) is 24.3 Å². The van der Waals surface area contributed by atoms with Crippen molar-refractivity contribution in [2.45, 2.75) is 38.0 Å². The van der Waals surface area contributed by atoms with Gasteiger partial charge in [-0.25, -0.2) is 9.97 Å². The molecule has 8 nitrogen and oxygen atoms in total. The lowest BCUT2D eigenvalue weighted by molar-refractivity contribution is -0.147. The minimum atomic E-state index is -4.20. The molecule has 0 saturated carbocycles. The number of likely N-dealkylation sites (tertiary alicyclic amines) is 1. The van der Waals surface area contributed by atoms with Gasteiger partial charge in [0.2, 0.25) is 0 Å². The van der Waals surface area contributed by atoms with Crippen molar-refractivity contribution in [1.29, 1.82) is 0 Å². The molecule has 38 heavy (non-hydrogen) atoms. The third-order valence-corrected chi connectivity index (χ3v) is 6.98. The molecular formula is C27H29F3N6O2. The number of piperidine rings is 1. The summed E-state index contributed by atoms with van der Waals surface area (Å²) in [6.45, 7) is 1.17. The van der Waals surface area contributed by atoms with E-state index in [4.69, 9.17) is 0 Å². The minimum Gasteiger partial charge on any atom is -0.506 e. The van der Waals surface area contributed by atoms with Gasteiger partial charge in [0.25, 0.3) is 5.91 Å². The van der Waals surface area contributed by atoms with E-state index in [0.29, 0.717) is 44.0 Å². The number of fused-ring (bicyclic) bond motifs is 1. The number of carbonyl (C=O) groups excluding carboxylic acids is 1. The number of nitrogens with one attached hydrogen (secondary N) is 1. The Morgan fingerprint density at radius 2 is 1.79 bits per heavy atom. The first-order chi connectivity index (χ1) is 18.2. The summed E-state index contributed by atoms with van der Waals surface area (Å²) in [5.74, 6) is 0.105. The number of nitrogens with zero attached hydrogens (tertiary/aromatic N) is 5. The van der Waals surface area contributed by atoms with Gasteiger partial charge in [0.1, 0.15) is 23.6 Å². The number of anilines is 1. The molecule has 1 aromatic heterocycles. The Morgan fingerprint density at radius 1 is 1.05 bits per heavy atom. The number of aliphatic hydroxyl groups is 1. The number of amides is 1. The standard InChI is InChI=1S/C27H29F3N6O2/c28-27(29,30)17-34-10-6-21(7-11-34)33-25-15-22(31-18-32-25)26(38)35-13-8-23(24(37)9-14-35)36-12-5-19-3-1-2-4-20(19)16-36/h1-4,8-9,13-15,18,21,37H,5-7,10-12,16-17H2,(H,31,32,33). The fourth-order valence-corrected chi connectivity index (χ4v) is 5.01. The highest BCUT2D eigenvalue weighted by atomic mass is 19.4. The van der Waals surface area contributed by atoms with Crippen LogP contribution in [0.5, 0.6) is 0 Å². The Bertz CT molecular complexity index is 1270. The first-order valence-corrected chi connectivity index (χ1v) is 12.6. The van der Waals surface area contributed by atoms with Gasteiger partial charge in [-0.2, -0.15) is 13.2 Å². The zero-order valence-electron chi connectivity index (χ0n) is 20.7. The Balaban J connectivity index is 1.21. The Morgan fingerprint density at radius 3 is 2.55 bits per heavy atom. The molecule has 1 fully saturated rings. The number of carbonyl (C=O) groups is 1. The molecule has 1 saturated heterocycles. The van der Waals surface area contributed by atoms with Crippen LogP contribution in [0.3, 0.4) is 0 Å². The molecule has 3 aliphatic rings. The molecule has 1 amide bonds. The molecule has 0 atom stereocenters. The molecule has 3 aliphatic heterocycles. The highest BCUT2D eigenvalue weighted by Gasteiger charge is 2.32. The average Bonchev–Trinajstić information content (AvgIpc) is 3.10. The van der Waals surface area contributed by atoms with Crippen molar-refractivity contribution in [3.05, 3.63) is 89.5 Å². The van der Waals surface area contributed by atoms with Crippen molar-refractivity contribution in [2.24, 2.45) is 0 Å². The van der Waals surface area contributed by atoms with Crippen molar-refractivity contribution in [2.75, 3.05) is 31.5 Å². The van der Waals surface area contributed by atoms with Crippen LogP contribution in [0.15, 0.2) is 72.7 Å². The number of halogens is 3. The number of alkyl halides is 3. The predicted molar refractivity (Wildman–Crippen MR) is 136 cm³/mol. The van der Waals surface area contributed by atoms with E-state index in [1.165, 1.54) is 45.6 Å². The van der Waals surface area contributed by atoms with E-state index in [-0.39, 0.29) is 17.5 Å². The second kappa shape index (κ2) is 10.9. The molecular weight excluding hydrogens is 497 g/mol. The second-order valence-corrected chi connectivity index (χ2v) is 9.65. The van der Waals surface area contributed by atoms with Crippen LogP contribution in [0.2, 0.25) is 0 Å². The van der Waals surface area contributed by atoms with Gasteiger partial charge in [0.05, 0.1) is 12.2 Å². The van der Waals surface area contributed by atoms with Gasteiger partial charge in [-0.05, 0) is 42.5 Å². The predicted octanol–water partition coefficient (Wildman–Crippen LogP) is 4.23. The fourth-order valence-electron chi connectivity index (χ4n) is 5.01. The maximum Gasteiger partial charge on any atom is 0.401 e. The first kappa shape index (κ1) is 25.8. The van der Waals surface area contributed by atoms with Gasteiger partial charge in [-0.3, -0.25) is 14.6 Å². The maximum atomic E-state index is 13.2. The van der Waals surface area contributed by atoms with Crippen molar-refractivity contribution in [3.8, 4) is 0 Å². The molecule has 2 N–H and O–H groups in total. The lowest BCUT2D eigenvalue weighted by atomic mass is 9.99. The van der Waals surface area contributed by atoms with Gasteiger partial charge in [0.15, 0.2) is 0 Å². The summed E-state index contributed by atoms with van der Waals surface area (Å²) in [6.07, 6.45) is 5.32. The van der Waals surface area contributed by atoms with E-state index in [1.54, 1.807) is 12.3 Å². The lowest BCUT2D eigenvalue weighted by Gasteiger charge is -2.32. The molecule has 4 heterocycles. The summed E-state index contributed by atoms with van der Waals surface area (Å²) < 4.78 is 37.9. The molecule has 1 aromatic carbocycles. The molecule has 0 unspecified atom stereocenters. The van der Waals surface area contributed by atoms with E-state index in [1.807, 2.05) is 12.1 Å². The summed E-state index contributed by atoms with van der Waals surface area (Å²) >= 11 is 0. The number of rotatable bonds is 5. The molecule has 5 rings (SSSR count). The number of allylic oxidation sites excluding steroid dienone is 2. The normalized spacial score (nSPS) is 18.9. The van der Waals surface area contributed by atoms with Gasteiger partial charge in [-0.15, -0.1) is 0 Å². The quantitative estimate of drug-likeness (QED) is 0.603. The van der Waals surface area contributed by atoms with Crippen LogP contribution < -0.4 is 5.32 Å². The van der Waals surface area contributed by atoms with Crippen LogP contribution >= 0.6 is 0 Å². The fraction of sp³-hybridized carbons (Fsp3) is 0.370. The summed E-state index contributed by atoms with van der Waals surface area (Å²) in [5.41, 5.74) is 3.29. The van der Waals surface area contributed by atoms with Crippen LogP contribution in [0, 0.1) is 0 Å². The van der Waals surface area contributed by atoms with Gasteiger partial charge in [0, 0.05) is 50.7 Å². The third-order valence-electron chi connectivity index (χ3n) is 6.98. The van der Waals surface area contributed by atoms with Crippen LogP contribution in [-0.2, 0) is 13.0 Å². The third kappa shape index (κ3) is 6.16. The van der Waals surface area contributed by atoms with Crippen LogP contribution in [-0.4, -0.2) is 74.1 Å². The number of aliphatic hydroxyl groups excluding tert-OH is 1. The molecule has 0 bridgehead atoms. The van der Waals surface area contributed by atoms with Crippen molar-refractivity contribution in [3.63, 3.8) is 0 Å². The monoisotopic (exact) mass is 526 g/mol. The molecule has 0 spiro atoms. The van der Waals surface area contributed by atoms with Crippen LogP contribution in [0.4, 0.5) is 19.0 Å². The SMILES string of the molecule is O=C(c1cc(NC2CCN(CC(F)(F)F)CC2)ncn1)N1C=CC(O)=C(N2CCc3ccccc3C2)C=C1. The number of hydrogen-bond donors (Lipinski definition) is 2. The van der Waals surface area contributed by atoms with Crippen molar-refractivity contribution < 1.29 is 23.1 Å². The molecule has 0 aliphatic carbocycles. The largest absolute Gasteiger partial charge is 0.506 e. The molecule has 11 heteroatoms. The summed E-state index contributed by atoms with van der Waals surface area (Å²) in [7, 11) is 0. The zero-order valence-corrected chi connectivity index (χ0v) is 20.7. The van der Waals surface area contributed by atoms with E-state index in [9.17, 15) is 23.1 Å². The van der Waals surface area contributed by atoms with Crippen LogP contribution in [0.1, 0.15) is 34.5 Å². The zero-order chi connectivity index (χ0) is 26.7. The number of aromatic nitrogens is 2. The van der Waals surface area contributed by atoms with Crippen molar-refractivity contribution in [1.82, 2.24) is 24.7 Å². The highest BCUT2D eigenvalue weighted by molar-refractivity contribution is 5.94. The van der Waals surface area contributed by atoms with E-state index >= 15 is 0 Å². The smallest absolute Gasteiger partial charge is 0.401 e. The summed E-state index contributed by atoms with van der Waals surface area (Å²) in [6, 6.07) is 9.71.